The van der Waals surface area contributed by atoms with E-state index in [-0.39, 0.29) is 64.8 Å². The highest BCUT2D eigenvalue weighted by molar-refractivity contribution is 5.87. The summed E-state index contributed by atoms with van der Waals surface area (Å²) in [6.45, 7) is 11.0. The fraction of sp³-hybridized carbons (Fsp3) is 0.692. The maximum absolute atomic E-state index is 13.0. The monoisotopic (exact) mass is 650 g/mol. The molecule has 5 aliphatic carbocycles. The molecule has 5 aliphatic rings. The SMILES string of the molecule is C[C@H]1[C@H](CO)CC[C@]2(C(=O)O)CC[C@]3(C)C(=CC[C@@H]4[C@@]5(C)CC[C@H](O)[C@@](C)(COC(=O)C=Cc6ccc(O)cc6)[C@@H]5[C@@H](O)C[C@]43C)[C@H]12. The molecule has 4 saturated carbocycles. The van der Waals surface area contributed by atoms with E-state index in [1.165, 1.54) is 11.6 Å². The van der Waals surface area contributed by atoms with Gasteiger partial charge in [-0.25, -0.2) is 4.79 Å². The van der Waals surface area contributed by atoms with Crippen LogP contribution in [0, 0.1) is 56.7 Å². The number of hydrogen-bond acceptors (Lipinski definition) is 7. The number of carboxylic acids is 1. The van der Waals surface area contributed by atoms with Crippen LogP contribution in [0.25, 0.3) is 6.08 Å². The molecule has 0 amide bonds. The highest BCUT2D eigenvalue weighted by Gasteiger charge is 2.72. The van der Waals surface area contributed by atoms with Crippen LogP contribution in [0.3, 0.4) is 0 Å². The highest BCUT2D eigenvalue weighted by Crippen LogP contribution is 2.75. The molecule has 4 fully saturated rings. The minimum atomic E-state index is -0.863. The fourth-order valence-electron chi connectivity index (χ4n) is 12.2. The summed E-state index contributed by atoms with van der Waals surface area (Å²) in [4.78, 5) is 25.9. The molecule has 0 radical (unpaired) electrons. The maximum atomic E-state index is 13.0. The highest BCUT2D eigenvalue weighted by atomic mass is 16.5. The Morgan fingerprint density at radius 1 is 1.00 bits per heavy atom. The second-order valence-electron chi connectivity index (χ2n) is 16.8. The van der Waals surface area contributed by atoms with Crippen molar-refractivity contribution in [2.75, 3.05) is 13.2 Å². The third kappa shape index (κ3) is 4.94. The van der Waals surface area contributed by atoms with Crippen LogP contribution in [-0.2, 0) is 14.3 Å². The number of phenols is 1. The Morgan fingerprint density at radius 3 is 2.36 bits per heavy atom. The molecule has 1 aromatic carbocycles. The molecule has 258 valence electrons. The smallest absolute Gasteiger partial charge is 0.330 e. The van der Waals surface area contributed by atoms with E-state index < -0.39 is 35.0 Å². The van der Waals surface area contributed by atoms with E-state index in [1.54, 1.807) is 30.3 Å². The molecule has 0 bridgehead atoms. The van der Waals surface area contributed by atoms with E-state index in [0.717, 1.165) is 31.2 Å². The molecule has 0 saturated heterocycles. The number of aliphatic hydroxyl groups is 3. The van der Waals surface area contributed by atoms with Crippen molar-refractivity contribution in [2.45, 2.75) is 98.2 Å². The molecular formula is C39H54O8. The van der Waals surface area contributed by atoms with Crippen LogP contribution in [-0.4, -0.2) is 62.9 Å². The van der Waals surface area contributed by atoms with Crippen LogP contribution in [0.15, 0.2) is 42.0 Å². The van der Waals surface area contributed by atoms with Crippen molar-refractivity contribution >= 4 is 18.0 Å². The number of phenolic OH excluding ortho intramolecular Hbond substituents is 1. The van der Waals surface area contributed by atoms with Crippen molar-refractivity contribution in [3.63, 3.8) is 0 Å². The normalized spacial score (nSPS) is 46.0. The van der Waals surface area contributed by atoms with Crippen LogP contribution in [0.2, 0.25) is 0 Å². The zero-order valence-electron chi connectivity index (χ0n) is 28.6. The first-order valence-corrected chi connectivity index (χ1v) is 17.6. The van der Waals surface area contributed by atoms with Crippen LogP contribution in [0.4, 0.5) is 0 Å². The largest absolute Gasteiger partial charge is 0.508 e. The molecule has 8 heteroatoms. The summed E-state index contributed by atoms with van der Waals surface area (Å²) >= 11 is 0. The summed E-state index contributed by atoms with van der Waals surface area (Å²) in [5.74, 6) is -1.28. The summed E-state index contributed by atoms with van der Waals surface area (Å²) in [6, 6.07) is 6.49. The number of benzene rings is 1. The average molecular weight is 651 g/mol. The van der Waals surface area contributed by atoms with Crippen LogP contribution >= 0.6 is 0 Å². The molecule has 47 heavy (non-hydrogen) atoms. The number of fused-ring (bicyclic) bond motifs is 7. The summed E-state index contributed by atoms with van der Waals surface area (Å²) < 4.78 is 5.80. The number of rotatable bonds is 6. The molecule has 5 N–H and O–H groups in total. The molecule has 8 nitrogen and oxygen atoms in total. The quantitative estimate of drug-likeness (QED) is 0.144. The Kier molecular flexibility index (Phi) is 8.54. The lowest BCUT2D eigenvalue weighted by molar-refractivity contribution is -0.254. The fourth-order valence-corrected chi connectivity index (χ4v) is 12.2. The van der Waals surface area contributed by atoms with E-state index in [0.29, 0.717) is 25.7 Å². The number of esters is 1. The standard InChI is InChI=1S/C39H54O8/c1-23-25(21-40)14-17-39(34(45)46)19-18-37(4)27(32(23)39)11-12-29-35(2)16-15-30(43)36(3,33(35)28(42)20-38(29,37)5)22-47-31(44)13-8-24-6-9-26(41)10-7-24/h6-11,13,23,25,28-30,32-33,40-43H,12,14-22H2,1-5H3,(H,45,46)/t23-,25-,28-,29+,30-,32-,33+,35+,36+,37+,38+,39-/m0/s1. The lowest BCUT2D eigenvalue weighted by Gasteiger charge is -2.72. The lowest BCUT2D eigenvalue weighted by atomic mass is 9.33. The van der Waals surface area contributed by atoms with Crippen molar-refractivity contribution in [3.05, 3.63) is 47.6 Å². The molecule has 12 atom stereocenters. The van der Waals surface area contributed by atoms with Crippen molar-refractivity contribution < 1.29 is 39.9 Å². The number of carbonyl (C=O) groups is 2. The molecule has 0 aliphatic heterocycles. The van der Waals surface area contributed by atoms with Gasteiger partial charge in [0.1, 0.15) is 5.75 Å². The lowest BCUT2D eigenvalue weighted by Crippen LogP contribution is -2.69. The van der Waals surface area contributed by atoms with Crippen LogP contribution < -0.4 is 0 Å². The third-order valence-corrected chi connectivity index (χ3v) is 14.9. The van der Waals surface area contributed by atoms with E-state index in [2.05, 4.69) is 33.8 Å². The van der Waals surface area contributed by atoms with Gasteiger partial charge in [-0.1, -0.05) is 58.4 Å². The first kappa shape index (κ1) is 34.2. The van der Waals surface area contributed by atoms with Gasteiger partial charge in [-0.05, 0) is 115 Å². The third-order valence-electron chi connectivity index (χ3n) is 14.9. The van der Waals surface area contributed by atoms with Crippen LogP contribution in [0.1, 0.15) is 91.5 Å². The molecule has 0 unspecified atom stereocenters. The van der Waals surface area contributed by atoms with Gasteiger partial charge < -0.3 is 30.3 Å². The van der Waals surface area contributed by atoms with Crippen molar-refractivity contribution in [3.8, 4) is 5.75 Å². The zero-order valence-corrected chi connectivity index (χ0v) is 28.6. The van der Waals surface area contributed by atoms with E-state index in [1.807, 2.05) is 6.92 Å². The topological polar surface area (TPSA) is 145 Å². The van der Waals surface area contributed by atoms with E-state index >= 15 is 0 Å². The predicted molar refractivity (Wildman–Crippen MR) is 178 cm³/mol. The number of allylic oxidation sites excluding steroid dienone is 2. The van der Waals surface area contributed by atoms with Gasteiger partial charge in [-0.2, -0.15) is 0 Å². The second-order valence-corrected chi connectivity index (χ2v) is 16.8. The minimum absolute atomic E-state index is 0.0186. The molecule has 1 aromatic rings. The van der Waals surface area contributed by atoms with Crippen molar-refractivity contribution in [1.82, 2.24) is 0 Å². The van der Waals surface area contributed by atoms with Crippen LogP contribution in [0.5, 0.6) is 5.75 Å². The van der Waals surface area contributed by atoms with E-state index in [4.69, 9.17) is 4.74 Å². The Morgan fingerprint density at radius 2 is 1.70 bits per heavy atom. The van der Waals surface area contributed by atoms with Gasteiger partial charge in [-0.15, -0.1) is 0 Å². The van der Waals surface area contributed by atoms with Gasteiger partial charge in [0.2, 0.25) is 0 Å². The Labute approximate surface area is 278 Å². The van der Waals surface area contributed by atoms with Gasteiger partial charge in [0, 0.05) is 24.0 Å². The first-order valence-electron chi connectivity index (χ1n) is 17.6. The molecule has 0 spiro atoms. The summed E-state index contributed by atoms with van der Waals surface area (Å²) in [5.41, 5.74) is -0.714. The van der Waals surface area contributed by atoms with Gasteiger partial charge >= 0.3 is 11.9 Å². The van der Waals surface area contributed by atoms with Crippen molar-refractivity contribution in [2.24, 2.45) is 56.7 Å². The Balaban J connectivity index is 1.31. The molecular weight excluding hydrogens is 596 g/mol. The number of aliphatic hydroxyl groups excluding tert-OH is 3. The number of carboxylic acid groups (broad SMARTS) is 1. The van der Waals surface area contributed by atoms with Gasteiger partial charge in [0.05, 0.1) is 24.2 Å². The van der Waals surface area contributed by atoms with E-state index in [9.17, 15) is 35.1 Å². The molecule has 0 heterocycles. The predicted octanol–water partition coefficient (Wildman–Crippen LogP) is 5.98. The number of aromatic hydroxyl groups is 1. The number of aliphatic carboxylic acids is 1. The minimum Gasteiger partial charge on any atom is -0.508 e. The van der Waals surface area contributed by atoms with Crippen molar-refractivity contribution in [1.29, 1.82) is 0 Å². The summed E-state index contributed by atoms with van der Waals surface area (Å²) in [7, 11) is 0. The summed E-state index contributed by atoms with van der Waals surface area (Å²) in [6.07, 6.45) is 9.03. The number of ether oxygens (including phenoxy) is 1. The Hall–Kier alpha value is -2.68. The molecule has 0 aromatic heterocycles. The summed E-state index contributed by atoms with van der Waals surface area (Å²) in [5, 5.41) is 54.2. The first-order chi connectivity index (χ1) is 22.1. The second kappa shape index (κ2) is 11.7. The number of carbonyl (C=O) groups excluding carboxylic acids is 1. The maximum Gasteiger partial charge on any atom is 0.330 e. The van der Waals surface area contributed by atoms with Gasteiger partial charge in [0.25, 0.3) is 0 Å². The van der Waals surface area contributed by atoms with Gasteiger partial charge in [-0.3, -0.25) is 4.79 Å². The number of hydrogen-bond donors (Lipinski definition) is 5. The zero-order chi connectivity index (χ0) is 34.2. The van der Waals surface area contributed by atoms with Gasteiger partial charge in [0.15, 0.2) is 0 Å². The average Bonchev–Trinajstić information content (AvgIpc) is 3.02. The Bertz CT molecular complexity index is 1450. The molecule has 6 rings (SSSR count).